The van der Waals surface area contributed by atoms with E-state index < -0.39 is 30.1 Å². The SMILES string of the molecule is O=C(NC1(c2ccccn2)CC1)[C@H](CO)NC(=O)n1ccnc1. The van der Waals surface area contributed by atoms with Crippen molar-refractivity contribution in [3.05, 3.63) is 48.8 Å². The highest BCUT2D eigenvalue weighted by Crippen LogP contribution is 2.44. The van der Waals surface area contributed by atoms with Crippen LogP contribution in [0, 0.1) is 0 Å². The molecule has 2 aromatic heterocycles. The largest absolute Gasteiger partial charge is 0.394 e. The highest BCUT2D eigenvalue weighted by atomic mass is 16.3. The maximum absolute atomic E-state index is 12.4. The van der Waals surface area contributed by atoms with Crippen molar-refractivity contribution in [2.75, 3.05) is 6.61 Å². The Kier molecular flexibility index (Phi) is 4.07. The summed E-state index contributed by atoms with van der Waals surface area (Å²) in [6.45, 7) is -0.495. The lowest BCUT2D eigenvalue weighted by atomic mass is 10.1. The third-order valence-electron chi connectivity index (χ3n) is 3.80. The molecule has 23 heavy (non-hydrogen) atoms. The van der Waals surface area contributed by atoms with E-state index >= 15 is 0 Å². The Balaban J connectivity index is 1.65. The topological polar surface area (TPSA) is 109 Å². The van der Waals surface area contributed by atoms with Gasteiger partial charge in [-0.1, -0.05) is 6.07 Å². The van der Waals surface area contributed by atoms with Gasteiger partial charge in [0.25, 0.3) is 0 Å². The van der Waals surface area contributed by atoms with Crippen molar-refractivity contribution in [3.8, 4) is 0 Å². The zero-order valence-electron chi connectivity index (χ0n) is 12.3. The number of amides is 2. The molecule has 2 aromatic rings. The second-order valence-corrected chi connectivity index (χ2v) is 5.44. The van der Waals surface area contributed by atoms with Gasteiger partial charge in [0.1, 0.15) is 12.4 Å². The molecular formula is C15H17N5O3. The summed E-state index contributed by atoms with van der Waals surface area (Å²) in [6, 6.07) is 3.96. The minimum atomic E-state index is -1.04. The van der Waals surface area contributed by atoms with Gasteiger partial charge in [-0.05, 0) is 25.0 Å². The molecule has 120 valence electrons. The van der Waals surface area contributed by atoms with Crippen LogP contribution in [-0.2, 0) is 10.3 Å². The van der Waals surface area contributed by atoms with E-state index in [1.807, 2.05) is 18.2 Å². The van der Waals surface area contributed by atoms with Crippen molar-refractivity contribution in [1.29, 1.82) is 0 Å². The Morgan fingerprint density at radius 2 is 2.17 bits per heavy atom. The molecule has 0 spiro atoms. The summed E-state index contributed by atoms with van der Waals surface area (Å²) < 4.78 is 1.20. The zero-order chi connectivity index (χ0) is 16.3. The van der Waals surface area contributed by atoms with Gasteiger partial charge >= 0.3 is 6.03 Å². The molecule has 0 saturated heterocycles. The minimum Gasteiger partial charge on any atom is -0.394 e. The van der Waals surface area contributed by atoms with Gasteiger partial charge in [-0.3, -0.25) is 14.3 Å². The fourth-order valence-electron chi connectivity index (χ4n) is 2.34. The number of aliphatic hydroxyl groups excluding tert-OH is 1. The number of carbonyl (C=O) groups excluding carboxylic acids is 2. The van der Waals surface area contributed by atoms with Gasteiger partial charge in [-0.15, -0.1) is 0 Å². The van der Waals surface area contributed by atoms with E-state index in [2.05, 4.69) is 20.6 Å². The molecule has 1 atom stereocenters. The first-order valence-electron chi connectivity index (χ1n) is 7.28. The summed E-state index contributed by atoms with van der Waals surface area (Å²) in [5.74, 6) is -0.441. The van der Waals surface area contributed by atoms with E-state index in [1.54, 1.807) is 6.20 Å². The van der Waals surface area contributed by atoms with Crippen molar-refractivity contribution >= 4 is 11.9 Å². The van der Waals surface area contributed by atoms with Gasteiger partial charge < -0.3 is 15.7 Å². The average molecular weight is 315 g/mol. The fourth-order valence-corrected chi connectivity index (χ4v) is 2.34. The molecule has 0 aliphatic heterocycles. The van der Waals surface area contributed by atoms with Gasteiger partial charge in [-0.2, -0.15) is 0 Å². The molecule has 8 heteroatoms. The molecule has 1 saturated carbocycles. The van der Waals surface area contributed by atoms with E-state index in [4.69, 9.17) is 0 Å². The molecule has 0 aromatic carbocycles. The number of hydrogen-bond donors (Lipinski definition) is 3. The smallest absolute Gasteiger partial charge is 0.327 e. The predicted molar refractivity (Wildman–Crippen MR) is 80.3 cm³/mol. The van der Waals surface area contributed by atoms with Crippen LogP contribution in [0.4, 0.5) is 4.79 Å². The van der Waals surface area contributed by atoms with Crippen LogP contribution in [0.15, 0.2) is 43.1 Å². The molecule has 8 nitrogen and oxygen atoms in total. The third kappa shape index (κ3) is 3.21. The van der Waals surface area contributed by atoms with Crippen molar-refractivity contribution in [3.63, 3.8) is 0 Å². The van der Waals surface area contributed by atoms with E-state index in [9.17, 15) is 14.7 Å². The summed E-state index contributed by atoms with van der Waals surface area (Å²) >= 11 is 0. The van der Waals surface area contributed by atoms with Crippen molar-refractivity contribution in [1.82, 2.24) is 25.2 Å². The van der Waals surface area contributed by atoms with Crippen molar-refractivity contribution < 1.29 is 14.7 Å². The predicted octanol–water partition coefficient (Wildman–Crippen LogP) is 0.00220. The number of pyridine rings is 1. The van der Waals surface area contributed by atoms with Gasteiger partial charge in [-0.25, -0.2) is 9.78 Å². The van der Waals surface area contributed by atoms with E-state index in [0.29, 0.717) is 0 Å². The second kappa shape index (κ2) is 6.17. The minimum absolute atomic E-state index is 0.441. The highest BCUT2D eigenvalue weighted by Gasteiger charge is 2.47. The molecule has 0 radical (unpaired) electrons. The van der Waals surface area contributed by atoms with Crippen LogP contribution in [0.1, 0.15) is 18.5 Å². The number of imidazole rings is 1. The van der Waals surface area contributed by atoms with E-state index in [0.717, 1.165) is 18.5 Å². The summed E-state index contributed by atoms with van der Waals surface area (Å²) in [5, 5.41) is 14.8. The molecule has 0 bridgehead atoms. The van der Waals surface area contributed by atoms with Gasteiger partial charge in [0.05, 0.1) is 17.8 Å². The zero-order valence-corrected chi connectivity index (χ0v) is 12.3. The number of carbonyl (C=O) groups is 2. The number of aromatic nitrogens is 3. The maximum Gasteiger partial charge on any atom is 0.327 e. The Morgan fingerprint density at radius 1 is 1.35 bits per heavy atom. The lowest BCUT2D eigenvalue weighted by Crippen LogP contribution is -2.52. The number of nitrogens with one attached hydrogen (secondary N) is 2. The van der Waals surface area contributed by atoms with Crippen molar-refractivity contribution in [2.45, 2.75) is 24.4 Å². The number of aliphatic hydroxyl groups is 1. The molecule has 1 fully saturated rings. The molecule has 2 heterocycles. The van der Waals surface area contributed by atoms with Gasteiger partial charge in [0, 0.05) is 18.6 Å². The summed E-state index contributed by atoms with van der Waals surface area (Å²) in [5.41, 5.74) is 0.289. The van der Waals surface area contributed by atoms with Crippen molar-refractivity contribution in [2.24, 2.45) is 0 Å². The third-order valence-corrected chi connectivity index (χ3v) is 3.80. The molecule has 3 N–H and O–H groups in total. The average Bonchev–Trinajstić information content (AvgIpc) is 3.14. The maximum atomic E-state index is 12.4. The highest BCUT2D eigenvalue weighted by molar-refractivity contribution is 5.88. The van der Waals surface area contributed by atoms with Crippen LogP contribution in [0.3, 0.4) is 0 Å². The molecule has 2 amide bonds. The molecular weight excluding hydrogens is 298 g/mol. The Labute approximate surface area is 132 Å². The van der Waals surface area contributed by atoms with Crippen LogP contribution in [-0.4, -0.2) is 44.2 Å². The monoisotopic (exact) mass is 315 g/mol. The van der Waals surface area contributed by atoms with Crippen LogP contribution in [0.5, 0.6) is 0 Å². The van der Waals surface area contributed by atoms with E-state index in [1.165, 1.54) is 23.3 Å². The Bertz CT molecular complexity index is 682. The first-order valence-corrected chi connectivity index (χ1v) is 7.28. The normalized spacial score (nSPS) is 16.4. The van der Waals surface area contributed by atoms with Gasteiger partial charge in [0.15, 0.2) is 0 Å². The van der Waals surface area contributed by atoms with Crippen LogP contribution < -0.4 is 10.6 Å². The number of hydrogen-bond acceptors (Lipinski definition) is 5. The fraction of sp³-hybridized carbons (Fsp3) is 0.333. The quantitative estimate of drug-likeness (QED) is 0.720. The molecule has 1 aliphatic rings. The summed E-state index contributed by atoms with van der Waals surface area (Å²) in [7, 11) is 0. The second-order valence-electron chi connectivity index (χ2n) is 5.44. The van der Waals surface area contributed by atoms with Gasteiger partial charge in [0.2, 0.25) is 5.91 Å². The lowest BCUT2D eigenvalue weighted by molar-refractivity contribution is -0.124. The summed E-state index contributed by atoms with van der Waals surface area (Å²) in [6.07, 6.45) is 7.46. The molecule has 0 unspecified atom stereocenters. The first kappa shape index (κ1) is 15.2. The Morgan fingerprint density at radius 3 is 2.74 bits per heavy atom. The van der Waals surface area contributed by atoms with E-state index in [-0.39, 0.29) is 0 Å². The lowest BCUT2D eigenvalue weighted by Gasteiger charge is -2.21. The first-order chi connectivity index (χ1) is 11.1. The van der Waals surface area contributed by atoms with Crippen LogP contribution in [0.2, 0.25) is 0 Å². The standard InChI is InChI=1S/C15H17N5O3/c21-9-11(18-14(23)20-8-7-16-10-20)13(22)19-15(4-5-15)12-3-1-2-6-17-12/h1-3,6-8,10-11,21H,4-5,9H2,(H,18,23)(H,19,22)/t11-/m0/s1. The number of rotatable bonds is 5. The molecule has 1 aliphatic carbocycles. The summed E-state index contributed by atoms with van der Waals surface area (Å²) in [4.78, 5) is 32.3. The Hall–Kier alpha value is -2.74. The molecule has 3 rings (SSSR count). The van der Waals surface area contributed by atoms with Crippen LogP contribution >= 0.6 is 0 Å². The number of nitrogens with zero attached hydrogens (tertiary/aromatic N) is 3. The van der Waals surface area contributed by atoms with Crippen LogP contribution in [0.25, 0.3) is 0 Å².